The minimum Gasteiger partial charge on any atom is -0.484 e. The van der Waals surface area contributed by atoms with Gasteiger partial charge in [-0.25, -0.2) is 0 Å². The van der Waals surface area contributed by atoms with Crippen molar-refractivity contribution in [2.75, 3.05) is 44.1 Å². The predicted octanol–water partition coefficient (Wildman–Crippen LogP) is 1.10. The van der Waals surface area contributed by atoms with Crippen LogP contribution < -0.4 is 10.1 Å². The lowest BCUT2D eigenvalue weighted by Crippen LogP contribution is -2.42. The van der Waals surface area contributed by atoms with Gasteiger partial charge in [-0.2, -0.15) is 0 Å². The number of nitrogens with zero attached hydrogens (tertiary/aromatic N) is 1. The van der Waals surface area contributed by atoms with Crippen molar-refractivity contribution >= 4 is 29.1 Å². The lowest BCUT2D eigenvalue weighted by Gasteiger charge is -2.26. The molecule has 1 fully saturated rings. The lowest BCUT2D eigenvalue weighted by atomic mass is 10.3. The summed E-state index contributed by atoms with van der Waals surface area (Å²) in [7, 11) is 0. The van der Waals surface area contributed by atoms with E-state index in [-0.39, 0.29) is 24.3 Å². The third-order valence-electron chi connectivity index (χ3n) is 2.97. The number of hydrogen-bond acceptors (Lipinski definition) is 4. The van der Waals surface area contributed by atoms with Gasteiger partial charge < -0.3 is 19.7 Å². The van der Waals surface area contributed by atoms with Crippen molar-refractivity contribution in [2.45, 2.75) is 0 Å². The first-order valence-corrected chi connectivity index (χ1v) is 7.16. The number of carbonyl (C=O) groups excluding carboxylic acids is 2. The van der Waals surface area contributed by atoms with E-state index < -0.39 is 0 Å². The first-order chi connectivity index (χ1) is 10.2. The fourth-order valence-electron chi connectivity index (χ4n) is 1.91. The Balaban J connectivity index is 1.86. The monoisotopic (exact) mass is 312 g/mol. The van der Waals surface area contributed by atoms with Crippen molar-refractivity contribution in [3.05, 3.63) is 24.3 Å². The highest BCUT2D eigenvalue weighted by Gasteiger charge is 2.17. The zero-order valence-corrected chi connectivity index (χ0v) is 12.3. The quantitative estimate of drug-likeness (QED) is 0.827. The van der Waals surface area contributed by atoms with Gasteiger partial charge in [-0.05, 0) is 12.1 Å². The normalized spacial score (nSPS) is 14.6. The second-order valence-corrected chi connectivity index (χ2v) is 4.76. The van der Waals surface area contributed by atoms with Crippen LogP contribution in [-0.2, 0) is 14.3 Å². The molecule has 1 heterocycles. The number of hydrogen-bond donors (Lipinski definition) is 1. The predicted molar refractivity (Wildman–Crippen MR) is 78.7 cm³/mol. The number of rotatable bonds is 5. The Morgan fingerprint density at radius 3 is 2.81 bits per heavy atom. The number of morpholine rings is 1. The van der Waals surface area contributed by atoms with Crippen molar-refractivity contribution in [1.29, 1.82) is 0 Å². The van der Waals surface area contributed by atoms with E-state index in [0.29, 0.717) is 37.7 Å². The Labute approximate surface area is 128 Å². The molecule has 0 spiro atoms. The molecule has 2 rings (SSSR count). The van der Waals surface area contributed by atoms with E-state index in [1.807, 2.05) is 0 Å². The maximum absolute atomic E-state index is 11.9. The Bertz CT molecular complexity index is 504. The van der Waals surface area contributed by atoms with E-state index in [1.54, 1.807) is 29.2 Å². The van der Waals surface area contributed by atoms with Crippen molar-refractivity contribution in [3.63, 3.8) is 0 Å². The first-order valence-electron chi connectivity index (χ1n) is 6.63. The summed E-state index contributed by atoms with van der Waals surface area (Å²) < 4.78 is 10.7. The molecule has 0 aromatic heterocycles. The maximum atomic E-state index is 11.9. The molecule has 7 heteroatoms. The number of carbonyl (C=O) groups is 2. The van der Waals surface area contributed by atoms with Gasteiger partial charge in [0.25, 0.3) is 5.91 Å². The van der Waals surface area contributed by atoms with Gasteiger partial charge in [0.1, 0.15) is 11.6 Å². The van der Waals surface area contributed by atoms with Gasteiger partial charge in [0, 0.05) is 24.8 Å². The van der Waals surface area contributed by atoms with Crippen LogP contribution in [0.25, 0.3) is 0 Å². The third-order valence-corrected chi connectivity index (χ3v) is 3.21. The highest BCUT2D eigenvalue weighted by molar-refractivity contribution is 6.29. The molecule has 114 valence electrons. The molecule has 0 unspecified atom stereocenters. The van der Waals surface area contributed by atoms with Crippen molar-refractivity contribution in [3.8, 4) is 5.75 Å². The van der Waals surface area contributed by atoms with Crippen LogP contribution in [0.1, 0.15) is 0 Å². The molecule has 0 radical (unpaired) electrons. The molecule has 1 N–H and O–H groups in total. The fourth-order valence-corrected chi connectivity index (χ4v) is 1.97. The van der Waals surface area contributed by atoms with Crippen LogP contribution in [0.4, 0.5) is 5.69 Å². The van der Waals surface area contributed by atoms with Crippen molar-refractivity contribution in [1.82, 2.24) is 4.90 Å². The molecule has 1 aliphatic rings. The molecule has 1 aromatic carbocycles. The van der Waals surface area contributed by atoms with E-state index in [9.17, 15) is 9.59 Å². The average molecular weight is 313 g/mol. The minimum atomic E-state index is -0.293. The largest absolute Gasteiger partial charge is 0.484 e. The smallest absolute Gasteiger partial charge is 0.260 e. The molecule has 2 amide bonds. The van der Waals surface area contributed by atoms with Crippen LogP contribution in [0, 0.1) is 0 Å². The molecule has 0 bridgehead atoms. The van der Waals surface area contributed by atoms with Gasteiger partial charge in [0.15, 0.2) is 6.61 Å². The molecule has 6 nitrogen and oxygen atoms in total. The summed E-state index contributed by atoms with van der Waals surface area (Å²) >= 11 is 5.43. The van der Waals surface area contributed by atoms with Crippen LogP contribution in [0.2, 0.25) is 0 Å². The van der Waals surface area contributed by atoms with E-state index in [0.717, 1.165) is 0 Å². The molecule has 21 heavy (non-hydrogen) atoms. The molecule has 1 aliphatic heterocycles. The minimum absolute atomic E-state index is 0.0348. The Kier molecular flexibility index (Phi) is 5.83. The number of halogens is 1. The summed E-state index contributed by atoms with van der Waals surface area (Å²) in [6.45, 7) is 2.27. The summed E-state index contributed by atoms with van der Waals surface area (Å²) in [4.78, 5) is 24.9. The van der Waals surface area contributed by atoms with Gasteiger partial charge in [0.2, 0.25) is 5.91 Å². The highest BCUT2D eigenvalue weighted by atomic mass is 35.5. The summed E-state index contributed by atoms with van der Waals surface area (Å²) in [6, 6.07) is 6.83. The Morgan fingerprint density at radius 1 is 1.33 bits per heavy atom. The SMILES string of the molecule is O=C(CCl)Nc1cccc(OCC(=O)N2CCOCC2)c1. The zero-order valence-electron chi connectivity index (χ0n) is 11.5. The molecule has 0 atom stereocenters. The number of anilines is 1. The molecule has 1 aromatic rings. The average Bonchev–Trinajstić information content (AvgIpc) is 2.53. The molecule has 0 aliphatic carbocycles. The number of nitrogens with one attached hydrogen (secondary N) is 1. The van der Waals surface area contributed by atoms with Gasteiger partial charge in [0.05, 0.1) is 13.2 Å². The van der Waals surface area contributed by atoms with E-state index >= 15 is 0 Å². The Hall–Kier alpha value is -1.79. The number of amides is 2. The topological polar surface area (TPSA) is 67.9 Å². The van der Waals surface area contributed by atoms with E-state index in [4.69, 9.17) is 21.1 Å². The third kappa shape index (κ3) is 4.91. The van der Waals surface area contributed by atoms with Crippen LogP contribution in [0.15, 0.2) is 24.3 Å². The fraction of sp³-hybridized carbons (Fsp3) is 0.429. The second-order valence-electron chi connectivity index (χ2n) is 4.49. The molecule has 0 saturated carbocycles. The van der Waals surface area contributed by atoms with Crippen LogP contribution in [0.5, 0.6) is 5.75 Å². The van der Waals surface area contributed by atoms with Crippen LogP contribution in [0.3, 0.4) is 0 Å². The van der Waals surface area contributed by atoms with Gasteiger partial charge >= 0.3 is 0 Å². The van der Waals surface area contributed by atoms with Crippen LogP contribution >= 0.6 is 11.6 Å². The molecular formula is C14H17ClN2O4. The van der Waals surface area contributed by atoms with Crippen molar-refractivity contribution in [2.24, 2.45) is 0 Å². The first kappa shape index (κ1) is 15.6. The maximum Gasteiger partial charge on any atom is 0.260 e. The number of benzene rings is 1. The van der Waals surface area contributed by atoms with Gasteiger partial charge in [-0.1, -0.05) is 6.07 Å². The lowest BCUT2D eigenvalue weighted by molar-refractivity contribution is -0.137. The summed E-state index contributed by atoms with van der Waals surface area (Å²) in [5.41, 5.74) is 0.581. The van der Waals surface area contributed by atoms with Crippen LogP contribution in [-0.4, -0.2) is 55.5 Å². The van der Waals surface area contributed by atoms with E-state index in [1.165, 1.54) is 0 Å². The standard InChI is InChI=1S/C14H17ClN2O4/c15-9-13(18)16-11-2-1-3-12(8-11)21-10-14(19)17-4-6-20-7-5-17/h1-3,8H,4-7,9-10H2,(H,16,18). The Morgan fingerprint density at radius 2 is 2.10 bits per heavy atom. The molecular weight excluding hydrogens is 296 g/mol. The molecule has 1 saturated heterocycles. The zero-order chi connectivity index (χ0) is 15.1. The second kappa shape index (κ2) is 7.85. The summed E-state index contributed by atoms with van der Waals surface area (Å²) in [6.07, 6.45) is 0. The summed E-state index contributed by atoms with van der Waals surface area (Å²) in [5.74, 6) is 0.0383. The highest BCUT2D eigenvalue weighted by Crippen LogP contribution is 2.17. The number of ether oxygens (including phenoxy) is 2. The van der Waals surface area contributed by atoms with Gasteiger partial charge in [-0.3, -0.25) is 9.59 Å². The van der Waals surface area contributed by atoms with Gasteiger partial charge in [-0.15, -0.1) is 11.6 Å². The number of alkyl halides is 1. The van der Waals surface area contributed by atoms with Crippen molar-refractivity contribution < 1.29 is 19.1 Å². The summed E-state index contributed by atoms with van der Waals surface area (Å²) in [5, 5.41) is 2.62. The van der Waals surface area contributed by atoms with E-state index in [2.05, 4.69) is 5.32 Å².